The minimum atomic E-state index is -0.644. The predicted octanol–water partition coefficient (Wildman–Crippen LogP) is 5.01. The normalized spacial score (nSPS) is 11.5. The second kappa shape index (κ2) is 12.1. The molecule has 1 unspecified atom stereocenters. The van der Waals surface area contributed by atoms with Gasteiger partial charge in [-0.15, -0.1) is 0 Å². The highest BCUT2D eigenvalue weighted by molar-refractivity contribution is 6.30. The molecule has 0 bridgehead atoms. The Balaban J connectivity index is 1.84. The van der Waals surface area contributed by atoms with Gasteiger partial charge >= 0.3 is 0 Å². The first-order valence-electron chi connectivity index (χ1n) is 11.0. The van der Waals surface area contributed by atoms with E-state index in [0.717, 1.165) is 22.4 Å². The highest BCUT2D eigenvalue weighted by Gasteiger charge is 2.29. The Hall–Kier alpha value is -3.31. The van der Waals surface area contributed by atoms with Crippen LogP contribution in [0, 0.1) is 0 Å². The third kappa shape index (κ3) is 7.09. The molecule has 172 valence electrons. The molecule has 3 rings (SSSR count). The average Bonchev–Trinajstić information content (AvgIpc) is 2.86. The number of hydrogen-bond acceptors (Lipinski definition) is 3. The quantitative estimate of drug-likeness (QED) is 0.458. The maximum atomic E-state index is 13.4. The molecule has 1 atom stereocenters. The fourth-order valence-corrected chi connectivity index (χ4v) is 3.72. The molecule has 0 heterocycles. The number of nitrogens with one attached hydrogen (secondary N) is 1. The lowest BCUT2D eigenvalue weighted by Crippen LogP contribution is -2.50. The summed E-state index contributed by atoms with van der Waals surface area (Å²) in [7, 11) is 1.61. The zero-order chi connectivity index (χ0) is 23.6. The van der Waals surface area contributed by atoms with Gasteiger partial charge < -0.3 is 15.0 Å². The number of carbonyl (C=O) groups excluding carboxylic acids is 2. The highest BCUT2D eigenvalue weighted by atomic mass is 35.5. The van der Waals surface area contributed by atoms with E-state index in [9.17, 15) is 9.59 Å². The summed E-state index contributed by atoms with van der Waals surface area (Å²) in [5.41, 5.74) is 2.86. The lowest BCUT2D eigenvalue weighted by Gasteiger charge is -2.31. The topological polar surface area (TPSA) is 58.6 Å². The van der Waals surface area contributed by atoms with Crippen molar-refractivity contribution in [2.45, 2.75) is 38.9 Å². The third-order valence-electron chi connectivity index (χ3n) is 5.47. The second-order valence-corrected chi connectivity index (χ2v) is 8.21. The first-order valence-corrected chi connectivity index (χ1v) is 11.4. The Morgan fingerprint density at radius 2 is 1.55 bits per heavy atom. The Morgan fingerprint density at radius 3 is 2.15 bits per heavy atom. The smallest absolute Gasteiger partial charge is 0.243 e. The Labute approximate surface area is 200 Å². The van der Waals surface area contributed by atoms with Crippen molar-refractivity contribution < 1.29 is 14.3 Å². The molecular formula is C27H29ClN2O3. The van der Waals surface area contributed by atoms with Gasteiger partial charge in [0, 0.05) is 31.0 Å². The molecule has 0 saturated heterocycles. The van der Waals surface area contributed by atoms with Crippen molar-refractivity contribution in [2.75, 3.05) is 7.11 Å². The van der Waals surface area contributed by atoms with Crippen LogP contribution in [0.2, 0.25) is 5.02 Å². The van der Waals surface area contributed by atoms with E-state index in [1.54, 1.807) is 24.1 Å². The van der Waals surface area contributed by atoms with Gasteiger partial charge in [0.25, 0.3) is 0 Å². The van der Waals surface area contributed by atoms with Crippen LogP contribution in [0.3, 0.4) is 0 Å². The van der Waals surface area contributed by atoms with Crippen molar-refractivity contribution in [3.05, 3.63) is 101 Å². The maximum Gasteiger partial charge on any atom is 0.243 e. The van der Waals surface area contributed by atoms with Crippen LogP contribution in [0.15, 0.2) is 78.9 Å². The van der Waals surface area contributed by atoms with Gasteiger partial charge in [0.1, 0.15) is 11.8 Å². The van der Waals surface area contributed by atoms with E-state index in [1.165, 1.54) is 0 Å². The summed E-state index contributed by atoms with van der Waals surface area (Å²) in [5.74, 6) is 0.478. The van der Waals surface area contributed by atoms with Crippen molar-refractivity contribution in [1.82, 2.24) is 10.2 Å². The van der Waals surface area contributed by atoms with Crippen LogP contribution in [-0.2, 0) is 29.1 Å². The minimum absolute atomic E-state index is 0.0756. The summed E-state index contributed by atoms with van der Waals surface area (Å²) in [4.78, 5) is 28.1. The van der Waals surface area contributed by atoms with Crippen molar-refractivity contribution in [1.29, 1.82) is 0 Å². The summed E-state index contributed by atoms with van der Waals surface area (Å²) in [6, 6.07) is 24.0. The molecule has 3 aromatic rings. The van der Waals surface area contributed by atoms with E-state index >= 15 is 0 Å². The van der Waals surface area contributed by atoms with Gasteiger partial charge in [0.2, 0.25) is 11.8 Å². The van der Waals surface area contributed by atoms with Gasteiger partial charge in [0.15, 0.2) is 0 Å². The number of nitrogens with zero attached hydrogens (tertiary/aromatic N) is 1. The number of benzene rings is 3. The highest BCUT2D eigenvalue weighted by Crippen LogP contribution is 2.18. The van der Waals surface area contributed by atoms with E-state index < -0.39 is 6.04 Å². The van der Waals surface area contributed by atoms with Crippen LogP contribution in [-0.4, -0.2) is 29.9 Å². The molecule has 6 heteroatoms. The van der Waals surface area contributed by atoms with Crippen molar-refractivity contribution >= 4 is 23.4 Å². The monoisotopic (exact) mass is 464 g/mol. The van der Waals surface area contributed by atoms with E-state index in [1.807, 2.05) is 73.7 Å². The fourth-order valence-electron chi connectivity index (χ4n) is 3.59. The third-order valence-corrected chi connectivity index (χ3v) is 5.72. The lowest BCUT2D eigenvalue weighted by atomic mass is 10.0. The van der Waals surface area contributed by atoms with Crippen LogP contribution < -0.4 is 10.1 Å². The Morgan fingerprint density at radius 1 is 0.909 bits per heavy atom. The molecule has 1 N–H and O–H groups in total. The van der Waals surface area contributed by atoms with Crippen LogP contribution in [0.1, 0.15) is 30.0 Å². The Kier molecular flexibility index (Phi) is 8.90. The summed E-state index contributed by atoms with van der Waals surface area (Å²) >= 11 is 5.96. The molecule has 0 aliphatic carbocycles. The molecule has 0 radical (unpaired) electrons. The van der Waals surface area contributed by atoms with Crippen molar-refractivity contribution in [3.8, 4) is 5.75 Å². The number of rotatable bonds is 10. The first kappa shape index (κ1) is 24.3. The average molecular weight is 465 g/mol. The van der Waals surface area contributed by atoms with E-state index in [-0.39, 0.29) is 11.8 Å². The second-order valence-electron chi connectivity index (χ2n) is 7.77. The van der Waals surface area contributed by atoms with E-state index in [0.29, 0.717) is 31.0 Å². The van der Waals surface area contributed by atoms with Gasteiger partial charge in [-0.2, -0.15) is 0 Å². The molecule has 0 aliphatic rings. The van der Waals surface area contributed by atoms with Crippen LogP contribution in [0.5, 0.6) is 5.75 Å². The van der Waals surface area contributed by atoms with E-state index in [2.05, 4.69) is 5.32 Å². The minimum Gasteiger partial charge on any atom is -0.497 e. The number of hydrogen-bond donors (Lipinski definition) is 1. The summed E-state index contributed by atoms with van der Waals surface area (Å²) in [5, 5.41) is 3.65. The zero-order valence-electron chi connectivity index (χ0n) is 19.0. The fraction of sp³-hybridized carbons (Fsp3) is 0.259. The summed E-state index contributed by atoms with van der Waals surface area (Å²) in [6.07, 6.45) is 0.737. The number of methoxy groups -OCH3 is 1. The van der Waals surface area contributed by atoms with Gasteiger partial charge in [-0.1, -0.05) is 73.1 Å². The number of carbonyl (C=O) groups is 2. The number of halogens is 1. The molecule has 0 aliphatic heterocycles. The van der Waals surface area contributed by atoms with Gasteiger partial charge in [-0.3, -0.25) is 9.59 Å². The molecule has 2 amide bonds. The Bertz CT molecular complexity index is 1040. The number of amides is 2. The standard InChI is InChI=1S/C27H29ClN2O3/c1-3-26(31)30(19-22-11-15-24(33-2)16-12-22)25(17-20-7-5-4-6-8-20)27(32)29-18-21-9-13-23(28)14-10-21/h4-16,25H,3,17-19H2,1-2H3,(H,29,32). The zero-order valence-corrected chi connectivity index (χ0v) is 19.7. The lowest BCUT2D eigenvalue weighted by molar-refractivity contribution is -0.141. The van der Waals surface area contributed by atoms with Gasteiger partial charge in [-0.25, -0.2) is 0 Å². The molecule has 33 heavy (non-hydrogen) atoms. The van der Waals surface area contributed by atoms with Crippen LogP contribution >= 0.6 is 11.6 Å². The molecule has 0 spiro atoms. The van der Waals surface area contributed by atoms with E-state index in [4.69, 9.17) is 16.3 Å². The van der Waals surface area contributed by atoms with Crippen LogP contribution in [0.4, 0.5) is 0 Å². The van der Waals surface area contributed by atoms with Crippen molar-refractivity contribution in [3.63, 3.8) is 0 Å². The summed E-state index contributed by atoms with van der Waals surface area (Å²) in [6.45, 7) is 2.51. The first-order chi connectivity index (χ1) is 16.0. The summed E-state index contributed by atoms with van der Waals surface area (Å²) < 4.78 is 5.24. The molecule has 3 aromatic carbocycles. The van der Waals surface area contributed by atoms with Crippen molar-refractivity contribution in [2.24, 2.45) is 0 Å². The largest absolute Gasteiger partial charge is 0.497 e. The predicted molar refractivity (Wildman–Crippen MR) is 131 cm³/mol. The molecule has 0 saturated carbocycles. The van der Waals surface area contributed by atoms with Gasteiger partial charge in [0.05, 0.1) is 7.11 Å². The molecule has 0 aromatic heterocycles. The van der Waals surface area contributed by atoms with Gasteiger partial charge in [-0.05, 0) is 41.0 Å². The maximum absolute atomic E-state index is 13.4. The molecule has 5 nitrogen and oxygen atoms in total. The molecule has 0 fully saturated rings. The SMILES string of the molecule is CCC(=O)N(Cc1ccc(OC)cc1)C(Cc1ccccc1)C(=O)NCc1ccc(Cl)cc1. The van der Waals surface area contributed by atoms with Crippen LogP contribution in [0.25, 0.3) is 0 Å². The number of ether oxygens (including phenoxy) is 1. The molecular weight excluding hydrogens is 436 g/mol.